The zero-order valence-electron chi connectivity index (χ0n) is 21.4. The van der Waals surface area contributed by atoms with Crippen molar-refractivity contribution in [1.29, 1.82) is 5.26 Å². The molecule has 3 amide bonds. The summed E-state index contributed by atoms with van der Waals surface area (Å²) in [7, 11) is 0. The highest BCUT2D eigenvalue weighted by atomic mass is 35.5. The Labute approximate surface area is 231 Å². The van der Waals surface area contributed by atoms with Crippen LogP contribution in [0.3, 0.4) is 0 Å². The highest BCUT2D eigenvalue weighted by molar-refractivity contribution is 6.31. The molecule has 2 unspecified atom stereocenters. The van der Waals surface area contributed by atoms with Crippen molar-refractivity contribution < 1.29 is 18.4 Å². The second kappa shape index (κ2) is 11.9. The lowest BCUT2D eigenvalue weighted by molar-refractivity contribution is -0.123. The third-order valence-corrected chi connectivity index (χ3v) is 7.21. The van der Waals surface area contributed by atoms with E-state index < -0.39 is 47.0 Å². The lowest BCUT2D eigenvalue weighted by atomic mass is 9.62. The third kappa shape index (κ3) is 6.20. The number of nitrogens with zero attached hydrogens (tertiary/aromatic N) is 1. The van der Waals surface area contributed by atoms with Gasteiger partial charge in [0.1, 0.15) is 17.0 Å². The molecule has 0 spiro atoms. The number of nitrogens with two attached hydrogens (primary N) is 1. The molecule has 1 heterocycles. The summed E-state index contributed by atoms with van der Waals surface area (Å²) in [6, 6.07) is 8.13. The normalized spacial score (nSPS) is 23.1. The molecule has 0 saturated carbocycles. The largest absolute Gasteiger partial charge is 0.355 e. The molecule has 5 N–H and O–H groups in total. The van der Waals surface area contributed by atoms with Gasteiger partial charge in [0.15, 0.2) is 0 Å². The number of nitrogens with one attached hydrogen (secondary N) is 3. The van der Waals surface area contributed by atoms with Gasteiger partial charge in [-0.3, -0.25) is 4.79 Å². The van der Waals surface area contributed by atoms with Crippen LogP contribution >= 0.6 is 23.2 Å². The van der Waals surface area contributed by atoms with E-state index in [-0.39, 0.29) is 39.7 Å². The molecule has 0 bridgehead atoms. The van der Waals surface area contributed by atoms with Crippen LogP contribution in [-0.4, -0.2) is 37.1 Å². The number of carbonyl (C=O) groups excluding carboxylic acids is 2. The van der Waals surface area contributed by atoms with Crippen molar-refractivity contribution in [2.45, 2.75) is 57.0 Å². The minimum atomic E-state index is -1.69. The maximum Gasteiger partial charge on any atom is 0.312 e. The van der Waals surface area contributed by atoms with Crippen molar-refractivity contribution in [2.24, 2.45) is 11.1 Å². The van der Waals surface area contributed by atoms with Crippen LogP contribution in [0, 0.1) is 28.4 Å². The predicted molar refractivity (Wildman–Crippen MR) is 143 cm³/mol. The molecule has 204 valence electrons. The van der Waals surface area contributed by atoms with Gasteiger partial charge in [0.2, 0.25) is 5.91 Å². The van der Waals surface area contributed by atoms with Crippen molar-refractivity contribution in [2.75, 3.05) is 13.1 Å². The number of carbonyl (C=O) groups is 2. The molecule has 1 fully saturated rings. The van der Waals surface area contributed by atoms with E-state index in [4.69, 9.17) is 28.9 Å². The molecule has 1 saturated heterocycles. The summed E-state index contributed by atoms with van der Waals surface area (Å²) in [6.45, 7) is 6.31. The average Bonchev–Trinajstić information content (AvgIpc) is 3.13. The van der Waals surface area contributed by atoms with Crippen LogP contribution in [0.5, 0.6) is 0 Å². The molecule has 7 nitrogen and oxygen atoms in total. The summed E-state index contributed by atoms with van der Waals surface area (Å²) in [5.41, 5.74) is 3.07. The number of nitriles is 1. The van der Waals surface area contributed by atoms with Gasteiger partial charge in [-0.1, -0.05) is 62.2 Å². The molecule has 0 radical (unpaired) electrons. The minimum absolute atomic E-state index is 0.0106. The zero-order valence-corrected chi connectivity index (χ0v) is 22.9. The van der Waals surface area contributed by atoms with E-state index in [9.17, 15) is 14.9 Å². The molecular weight excluding hydrogens is 535 g/mol. The molecule has 1 aliphatic heterocycles. The third-order valence-electron chi connectivity index (χ3n) is 6.68. The van der Waals surface area contributed by atoms with Gasteiger partial charge >= 0.3 is 6.03 Å². The molecule has 2 aromatic carbocycles. The zero-order chi connectivity index (χ0) is 28.3. The standard InChI is InChI=1S/C27H31Cl2F2N5O2/c1-26(2,3)13-20-27(14-32,17-9-8-15(28)12-19(17)30)21(16-6-4-7-18(29)22(16)31)23(36-20)24(37)34-10-5-11-35-25(33)38/h4,6-9,12,20-21,23,36H,5,10-11,13H2,1-3H3,(H,34,37)(H3,33,35,38)/t20?,21?,23-,27+/m1/s1. The number of amides is 3. The predicted octanol–water partition coefficient (Wildman–Crippen LogP) is 4.77. The summed E-state index contributed by atoms with van der Waals surface area (Å²) in [6.07, 6.45) is 0.756. The number of benzene rings is 2. The molecule has 0 aliphatic carbocycles. The molecule has 0 aromatic heterocycles. The maximum absolute atomic E-state index is 15.6. The first-order chi connectivity index (χ1) is 17.8. The Morgan fingerprint density at radius 2 is 1.84 bits per heavy atom. The molecule has 3 rings (SSSR count). The number of halogens is 4. The van der Waals surface area contributed by atoms with Gasteiger partial charge in [-0.2, -0.15) is 5.26 Å². The SMILES string of the molecule is CC(C)(C)CC1N[C@@H](C(=O)NCCCNC(N)=O)C(c2cccc(Cl)c2F)[C@@]1(C#N)c1ccc(Cl)cc1F. The van der Waals surface area contributed by atoms with E-state index in [0.717, 1.165) is 6.07 Å². The van der Waals surface area contributed by atoms with E-state index in [2.05, 4.69) is 22.0 Å². The quantitative estimate of drug-likeness (QED) is 0.344. The fourth-order valence-electron chi connectivity index (χ4n) is 5.18. The number of primary amides is 1. The van der Waals surface area contributed by atoms with Crippen molar-refractivity contribution in [3.8, 4) is 6.07 Å². The summed E-state index contributed by atoms with van der Waals surface area (Å²) in [5.74, 6) is -3.16. The number of rotatable bonds is 8. The maximum atomic E-state index is 15.6. The van der Waals surface area contributed by atoms with E-state index in [1.165, 1.54) is 30.3 Å². The first-order valence-corrected chi connectivity index (χ1v) is 12.9. The highest BCUT2D eigenvalue weighted by Gasteiger charge is 2.61. The van der Waals surface area contributed by atoms with E-state index in [1.807, 2.05) is 20.8 Å². The van der Waals surface area contributed by atoms with Crippen LogP contribution in [-0.2, 0) is 10.2 Å². The molecule has 4 atom stereocenters. The number of hydrogen-bond acceptors (Lipinski definition) is 4. The van der Waals surface area contributed by atoms with E-state index in [0.29, 0.717) is 12.8 Å². The molecule has 11 heteroatoms. The monoisotopic (exact) mass is 565 g/mol. The lowest BCUT2D eigenvalue weighted by Gasteiger charge is -2.37. The second-order valence-corrected chi connectivity index (χ2v) is 11.5. The Bertz CT molecular complexity index is 1250. The van der Waals surface area contributed by atoms with Crippen LogP contribution in [0.2, 0.25) is 10.0 Å². The topological polar surface area (TPSA) is 120 Å². The van der Waals surface area contributed by atoms with Gasteiger partial charge in [-0.05, 0) is 42.0 Å². The molecule has 38 heavy (non-hydrogen) atoms. The van der Waals surface area contributed by atoms with E-state index in [1.54, 1.807) is 0 Å². The first kappa shape index (κ1) is 29.6. The van der Waals surface area contributed by atoms with Gasteiger partial charge < -0.3 is 21.7 Å². The van der Waals surface area contributed by atoms with Gasteiger partial charge in [0, 0.05) is 35.6 Å². The lowest BCUT2D eigenvalue weighted by Crippen LogP contribution is -2.46. The van der Waals surface area contributed by atoms with Gasteiger partial charge in [0.05, 0.1) is 17.1 Å². The van der Waals surface area contributed by atoms with Gasteiger partial charge in [0.25, 0.3) is 0 Å². The highest BCUT2D eigenvalue weighted by Crippen LogP contribution is 2.52. The van der Waals surface area contributed by atoms with Crippen LogP contribution in [0.25, 0.3) is 0 Å². The Morgan fingerprint density at radius 3 is 2.45 bits per heavy atom. The first-order valence-electron chi connectivity index (χ1n) is 12.2. The molecule has 1 aliphatic rings. The number of hydrogen-bond donors (Lipinski definition) is 4. The number of urea groups is 1. The Morgan fingerprint density at radius 1 is 1.16 bits per heavy atom. The van der Waals surface area contributed by atoms with Crippen molar-refractivity contribution in [1.82, 2.24) is 16.0 Å². The van der Waals surface area contributed by atoms with Crippen molar-refractivity contribution >= 4 is 35.1 Å². The van der Waals surface area contributed by atoms with Crippen LogP contribution in [0.4, 0.5) is 13.6 Å². The van der Waals surface area contributed by atoms with E-state index >= 15 is 8.78 Å². The van der Waals surface area contributed by atoms with Crippen LogP contribution < -0.4 is 21.7 Å². The Hall–Kier alpha value is -2.93. The smallest absolute Gasteiger partial charge is 0.312 e. The summed E-state index contributed by atoms with van der Waals surface area (Å²) < 4.78 is 31.1. The van der Waals surface area contributed by atoms with Crippen LogP contribution in [0.1, 0.15) is 50.7 Å². The van der Waals surface area contributed by atoms with Gasteiger partial charge in [-0.15, -0.1) is 0 Å². The Kier molecular flexibility index (Phi) is 9.24. The second-order valence-electron chi connectivity index (χ2n) is 10.6. The van der Waals surface area contributed by atoms with Crippen LogP contribution in [0.15, 0.2) is 36.4 Å². The summed E-state index contributed by atoms with van der Waals surface area (Å²) >= 11 is 12.1. The van der Waals surface area contributed by atoms with Crippen molar-refractivity contribution in [3.63, 3.8) is 0 Å². The molecule has 2 aromatic rings. The average molecular weight is 566 g/mol. The van der Waals surface area contributed by atoms with Gasteiger partial charge in [-0.25, -0.2) is 13.6 Å². The van der Waals surface area contributed by atoms with Crippen molar-refractivity contribution in [3.05, 3.63) is 69.2 Å². The fourth-order valence-corrected chi connectivity index (χ4v) is 5.52. The minimum Gasteiger partial charge on any atom is -0.355 e. The summed E-state index contributed by atoms with van der Waals surface area (Å²) in [4.78, 5) is 24.4. The summed E-state index contributed by atoms with van der Waals surface area (Å²) in [5, 5.41) is 19.2. The fraction of sp³-hybridized carbons (Fsp3) is 0.444. The Balaban J connectivity index is 2.17. The molecular formula is C27H31Cl2F2N5O2.